The molecule has 0 amide bonds. The van der Waals surface area contributed by atoms with Crippen LogP contribution >= 0.6 is 0 Å². The van der Waals surface area contributed by atoms with Crippen molar-refractivity contribution in [3.05, 3.63) is 95.9 Å². The summed E-state index contributed by atoms with van der Waals surface area (Å²) >= 11 is 0. The average Bonchev–Trinajstić information content (AvgIpc) is 3.28. The first-order chi connectivity index (χ1) is 13.8. The van der Waals surface area contributed by atoms with Crippen LogP contribution in [-0.2, 0) is 27.4 Å². The maximum atomic E-state index is 6.33. The predicted octanol–water partition coefficient (Wildman–Crippen LogP) is 5.30. The van der Waals surface area contributed by atoms with Crippen LogP contribution in [0.4, 0.5) is 0 Å². The van der Waals surface area contributed by atoms with Crippen LogP contribution in [0.5, 0.6) is 0 Å². The highest BCUT2D eigenvalue weighted by atomic mass is 16.6. The van der Waals surface area contributed by atoms with E-state index in [2.05, 4.69) is 31.2 Å². The van der Waals surface area contributed by atoms with E-state index in [0.29, 0.717) is 13.2 Å². The van der Waals surface area contributed by atoms with Crippen molar-refractivity contribution in [3.8, 4) is 0 Å². The summed E-state index contributed by atoms with van der Waals surface area (Å²) in [6.07, 6.45) is 3.83. The Morgan fingerprint density at radius 1 is 0.857 bits per heavy atom. The molecule has 3 aromatic rings. The van der Waals surface area contributed by atoms with Crippen molar-refractivity contribution < 1.29 is 18.6 Å². The lowest BCUT2D eigenvalue weighted by Crippen LogP contribution is -2.47. The van der Waals surface area contributed by atoms with Gasteiger partial charge in [-0.05, 0) is 24.1 Å². The molecule has 4 rings (SSSR count). The van der Waals surface area contributed by atoms with Gasteiger partial charge in [0.2, 0.25) is 0 Å². The van der Waals surface area contributed by atoms with E-state index >= 15 is 0 Å². The minimum atomic E-state index is -0.132. The Morgan fingerprint density at radius 2 is 1.50 bits per heavy atom. The maximum Gasteiger partial charge on any atom is 0.110 e. The molecule has 146 valence electrons. The molecule has 4 atom stereocenters. The van der Waals surface area contributed by atoms with Gasteiger partial charge in [-0.3, -0.25) is 0 Å². The van der Waals surface area contributed by atoms with Crippen molar-refractivity contribution in [2.45, 2.75) is 51.0 Å². The molecule has 0 spiro atoms. The number of rotatable bonds is 7. The minimum Gasteiger partial charge on any atom is -0.472 e. The number of furan rings is 1. The summed E-state index contributed by atoms with van der Waals surface area (Å²) in [5.41, 5.74) is 3.35. The highest BCUT2D eigenvalue weighted by Gasteiger charge is 2.39. The van der Waals surface area contributed by atoms with Gasteiger partial charge in [-0.1, -0.05) is 60.7 Å². The molecule has 4 nitrogen and oxygen atoms in total. The molecule has 1 aromatic heterocycles. The van der Waals surface area contributed by atoms with Crippen LogP contribution in [0.25, 0.3) is 0 Å². The predicted molar refractivity (Wildman–Crippen MR) is 107 cm³/mol. The van der Waals surface area contributed by atoms with Gasteiger partial charge in [-0.25, -0.2) is 0 Å². The van der Waals surface area contributed by atoms with E-state index in [0.717, 1.165) is 23.1 Å². The fourth-order valence-corrected chi connectivity index (χ4v) is 3.66. The number of hydrogen-bond acceptors (Lipinski definition) is 4. The van der Waals surface area contributed by atoms with Crippen LogP contribution in [0.3, 0.4) is 0 Å². The minimum absolute atomic E-state index is 0.0499. The topological polar surface area (TPSA) is 40.8 Å². The fraction of sp³-hybridized carbons (Fsp3) is 0.333. The van der Waals surface area contributed by atoms with Crippen molar-refractivity contribution in [1.82, 2.24) is 0 Å². The highest BCUT2D eigenvalue weighted by molar-refractivity contribution is 5.15. The zero-order chi connectivity index (χ0) is 19.2. The van der Waals surface area contributed by atoms with Crippen LogP contribution in [0.15, 0.2) is 83.7 Å². The summed E-state index contributed by atoms with van der Waals surface area (Å²) in [4.78, 5) is 0. The van der Waals surface area contributed by atoms with Crippen LogP contribution in [0.2, 0.25) is 0 Å². The van der Waals surface area contributed by atoms with Crippen LogP contribution < -0.4 is 0 Å². The summed E-state index contributed by atoms with van der Waals surface area (Å²) in [6.45, 7) is 3.16. The first-order valence-electron chi connectivity index (χ1n) is 9.78. The van der Waals surface area contributed by atoms with E-state index in [1.54, 1.807) is 12.5 Å². The standard InChI is InChI=1S/C24H26O4/c1-18-24(27-16-20-10-6-3-7-11-20)23(26-15-19-8-4-2-5-9-19)14-22(28-18)21-12-13-25-17-21/h2-13,17-18,22-24H,14-16H2,1H3/t18-,22-,23-,24-/m1/s1. The number of benzene rings is 2. The summed E-state index contributed by atoms with van der Waals surface area (Å²) in [7, 11) is 0. The lowest BCUT2D eigenvalue weighted by Gasteiger charge is -2.40. The Balaban J connectivity index is 1.46. The van der Waals surface area contributed by atoms with Crippen molar-refractivity contribution in [1.29, 1.82) is 0 Å². The fourth-order valence-electron chi connectivity index (χ4n) is 3.66. The zero-order valence-corrected chi connectivity index (χ0v) is 16.1. The molecule has 1 saturated heterocycles. The molecule has 28 heavy (non-hydrogen) atoms. The van der Waals surface area contributed by atoms with Gasteiger partial charge in [0.1, 0.15) is 6.10 Å². The zero-order valence-electron chi connectivity index (χ0n) is 16.1. The third kappa shape index (κ3) is 4.71. The van der Waals surface area contributed by atoms with Gasteiger partial charge in [-0.15, -0.1) is 0 Å². The van der Waals surface area contributed by atoms with Gasteiger partial charge in [0.05, 0.1) is 44.1 Å². The van der Waals surface area contributed by atoms with Gasteiger partial charge in [0.15, 0.2) is 0 Å². The molecule has 0 aliphatic carbocycles. The van der Waals surface area contributed by atoms with Gasteiger partial charge in [0, 0.05) is 12.0 Å². The van der Waals surface area contributed by atoms with Gasteiger partial charge in [-0.2, -0.15) is 0 Å². The first-order valence-corrected chi connectivity index (χ1v) is 9.78. The first kappa shape index (κ1) is 18.9. The molecule has 2 heterocycles. The van der Waals surface area contributed by atoms with E-state index in [4.69, 9.17) is 18.6 Å². The lowest BCUT2D eigenvalue weighted by molar-refractivity contribution is -0.204. The largest absolute Gasteiger partial charge is 0.472 e. The lowest BCUT2D eigenvalue weighted by atomic mass is 9.95. The van der Waals surface area contributed by atoms with E-state index in [-0.39, 0.29) is 24.4 Å². The quantitative estimate of drug-likeness (QED) is 0.559. The van der Waals surface area contributed by atoms with E-state index < -0.39 is 0 Å². The highest BCUT2D eigenvalue weighted by Crippen LogP contribution is 2.35. The summed E-state index contributed by atoms with van der Waals surface area (Å²) in [5.74, 6) is 0. The number of ether oxygens (including phenoxy) is 3. The molecule has 4 heteroatoms. The molecule has 0 radical (unpaired) electrons. The van der Waals surface area contributed by atoms with Crippen molar-refractivity contribution in [2.24, 2.45) is 0 Å². The van der Waals surface area contributed by atoms with Crippen LogP contribution in [-0.4, -0.2) is 18.3 Å². The molecule has 2 aromatic carbocycles. The summed E-state index contributed by atoms with van der Waals surface area (Å²) in [5, 5.41) is 0. The molecule has 0 bridgehead atoms. The second-order valence-corrected chi connectivity index (χ2v) is 7.22. The number of hydrogen-bond donors (Lipinski definition) is 0. The van der Waals surface area contributed by atoms with Gasteiger partial charge < -0.3 is 18.6 Å². The van der Waals surface area contributed by atoms with Gasteiger partial charge in [0.25, 0.3) is 0 Å². The molecule has 0 saturated carbocycles. The molecule has 1 fully saturated rings. The van der Waals surface area contributed by atoms with E-state index in [1.807, 2.05) is 42.5 Å². The van der Waals surface area contributed by atoms with Crippen LogP contribution in [0.1, 0.15) is 36.1 Å². The average molecular weight is 378 g/mol. The van der Waals surface area contributed by atoms with Gasteiger partial charge >= 0.3 is 0 Å². The SMILES string of the molecule is C[C@H]1O[C@@H](c2ccoc2)C[C@@H](OCc2ccccc2)[C@@H]1OCc1ccccc1. The smallest absolute Gasteiger partial charge is 0.110 e. The third-order valence-corrected chi connectivity index (χ3v) is 5.16. The maximum absolute atomic E-state index is 6.33. The van der Waals surface area contributed by atoms with E-state index in [1.165, 1.54) is 0 Å². The molecule has 0 unspecified atom stereocenters. The molecule has 1 aliphatic rings. The van der Waals surface area contributed by atoms with Crippen molar-refractivity contribution >= 4 is 0 Å². The monoisotopic (exact) mass is 378 g/mol. The summed E-state index contributed by atoms with van der Waals surface area (Å²) < 4.78 is 24.1. The second-order valence-electron chi connectivity index (χ2n) is 7.22. The molecule has 1 aliphatic heterocycles. The third-order valence-electron chi connectivity index (χ3n) is 5.16. The van der Waals surface area contributed by atoms with Crippen molar-refractivity contribution in [2.75, 3.05) is 0 Å². The van der Waals surface area contributed by atoms with Crippen LogP contribution in [0, 0.1) is 0 Å². The Kier molecular flexibility index (Phi) is 6.22. The van der Waals surface area contributed by atoms with E-state index in [9.17, 15) is 0 Å². The normalized spacial score (nSPS) is 24.9. The Morgan fingerprint density at radius 3 is 2.11 bits per heavy atom. The van der Waals surface area contributed by atoms with Crippen molar-refractivity contribution in [3.63, 3.8) is 0 Å². The molecule has 0 N–H and O–H groups in total. The second kappa shape index (κ2) is 9.20. The Hall–Kier alpha value is -2.40. The Labute approximate surface area is 166 Å². The molecular formula is C24H26O4. The molecular weight excluding hydrogens is 352 g/mol. The summed E-state index contributed by atoms with van der Waals surface area (Å²) in [6, 6.07) is 22.4. The Bertz CT molecular complexity index is 816.